The van der Waals surface area contributed by atoms with Gasteiger partial charge in [-0.2, -0.15) is 5.10 Å². The Labute approximate surface area is 99.2 Å². The van der Waals surface area contributed by atoms with Gasteiger partial charge in [-0.25, -0.2) is 4.68 Å². The van der Waals surface area contributed by atoms with Gasteiger partial charge in [0.1, 0.15) is 5.82 Å². The lowest BCUT2D eigenvalue weighted by atomic mass is 10.2. The zero-order chi connectivity index (χ0) is 12.1. The fourth-order valence-electron chi connectivity index (χ4n) is 1.52. The van der Waals surface area contributed by atoms with Crippen LogP contribution in [0.15, 0.2) is 42.6 Å². The molecule has 0 fully saturated rings. The van der Waals surface area contributed by atoms with Crippen molar-refractivity contribution in [2.75, 3.05) is 11.9 Å². The second-order valence-electron chi connectivity index (χ2n) is 3.61. The molecule has 2 rings (SSSR count). The van der Waals surface area contributed by atoms with Crippen LogP contribution in [0.3, 0.4) is 0 Å². The highest BCUT2D eigenvalue weighted by Crippen LogP contribution is 2.09. The van der Waals surface area contributed by atoms with Crippen molar-refractivity contribution in [2.24, 2.45) is 5.73 Å². The van der Waals surface area contributed by atoms with Gasteiger partial charge in [0, 0.05) is 6.07 Å². The van der Waals surface area contributed by atoms with Crippen molar-refractivity contribution < 1.29 is 4.79 Å². The summed E-state index contributed by atoms with van der Waals surface area (Å²) >= 11 is 0. The molecule has 1 aromatic heterocycles. The molecule has 2 aromatic rings. The van der Waals surface area contributed by atoms with Crippen LogP contribution in [-0.2, 0) is 11.3 Å². The summed E-state index contributed by atoms with van der Waals surface area (Å²) in [6, 6.07) is 11.7. The second-order valence-corrected chi connectivity index (χ2v) is 3.61. The molecule has 1 aromatic carbocycles. The van der Waals surface area contributed by atoms with E-state index in [0.29, 0.717) is 12.4 Å². The van der Waals surface area contributed by atoms with E-state index in [0.717, 1.165) is 5.56 Å². The number of carbonyl (C=O) groups is 1. The van der Waals surface area contributed by atoms with Gasteiger partial charge in [-0.15, -0.1) is 0 Å². The van der Waals surface area contributed by atoms with Gasteiger partial charge in [0.2, 0.25) is 5.91 Å². The third-order valence-corrected chi connectivity index (χ3v) is 2.34. The van der Waals surface area contributed by atoms with Gasteiger partial charge in [0.15, 0.2) is 0 Å². The topological polar surface area (TPSA) is 72.9 Å². The quantitative estimate of drug-likeness (QED) is 0.817. The van der Waals surface area contributed by atoms with E-state index in [9.17, 15) is 4.79 Å². The number of hydrogen-bond donors (Lipinski definition) is 2. The fraction of sp³-hybridized carbons (Fsp3) is 0.167. The Morgan fingerprint density at radius 1 is 1.29 bits per heavy atom. The molecule has 88 valence electrons. The van der Waals surface area contributed by atoms with Crippen molar-refractivity contribution in [1.82, 2.24) is 9.78 Å². The third-order valence-electron chi connectivity index (χ3n) is 2.34. The van der Waals surface area contributed by atoms with Gasteiger partial charge in [-0.3, -0.25) is 4.79 Å². The molecule has 0 unspecified atom stereocenters. The number of anilines is 1. The molecule has 0 saturated heterocycles. The molecule has 0 aliphatic heterocycles. The Bertz CT molecular complexity index is 492. The third kappa shape index (κ3) is 2.92. The zero-order valence-electron chi connectivity index (χ0n) is 9.34. The highest BCUT2D eigenvalue weighted by molar-refractivity contribution is 5.91. The van der Waals surface area contributed by atoms with Crippen molar-refractivity contribution >= 4 is 11.7 Å². The van der Waals surface area contributed by atoms with Crippen molar-refractivity contribution in [2.45, 2.75) is 6.54 Å². The predicted molar refractivity (Wildman–Crippen MR) is 65.5 cm³/mol. The highest BCUT2D eigenvalue weighted by Gasteiger charge is 2.05. The zero-order valence-corrected chi connectivity index (χ0v) is 9.34. The summed E-state index contributed by atoms with van der Waals surface area (Å²) in [6.07, 6.45) is 1.65. The maximum atomic E-state index is 11.2. The lowest BCUT2D eigenvalue weighted by Gasteiger charge is -2.08. The predicted octanol–water partition coefficient (Wildman–Crippen LogP) is 0.829. The maximum absolute atomic E-state index is 11.2. The van der Waals surface area contributed by atoms with Crippen LogP contribution in [0.1, 0.15) is 5.56 Å². The molecule has 0 radical (unpaired) electrons. The Hall–Kier alpha value is -2.14. The minimum absolute atomic E-state index is 0.0312. The van der Waals surface area contributed by atoms with Crippen LogP contribution in [0.4, 0.5) is 5.82 Å². The van der Waals surface area contributed by atoms with Crippen LogP contribution in [0, 0.1) is 0 Å². The van der Waals surface area contributed by atoms with Crippen LogP contribution in [0.5, 0.6) is 0 Å². The standard InChI is InChI=1S/C12H14N4O/c13-8-12(17)15-11-6-7-14-16(11)9-10-4-2-1-3-5-10/h1-7H,8-9,13H2,(H,15,17). The second kappa shape index (κ2) is 5.27. The summed E-state index contributed by atoms with van der Waals surface area (Å²) in [6.45, 7) is 0.588. The Morgan fingerprint density at radius 2 is 2.06 bits per heavy atom. The lowest BCUT2D eigenvalue weighted by molar-refractivity contribution is -0.114. The molecular weight excluding hydrogens is 216 g/mol. The number of nitrogens with two attached hydrogens (primary N) is 1. The first kappa shape index (κ1) is 11.3. The molecule has 0 bridgehead atoms. The van der Waals surface area contributed by atoms with Crippen molar-refractivity contribution in [3.8, 4) is 0 Å². The Kier molecular flexibility index (Phi) is 3.52. The van der Waals surface area contributed by atoms with Crippen molar-refractivity contribution in [3.05, 3.63) is 48.2 Å². The minimum Gasteiger partial charge on any atom is -0.322 e. The number of carbonyl (C=O) groups excluding carboxylic acids is 1. The molecule has 5 nitrogen and oxygen atoms in total. The summed E-state index contributed by atoms with van der Waals surface area (Å²) in [7, 11) is 0. The number of benzene rings is 1. The van der Waals surface area contributed by atoms with E-state index in [1.54, 1.807) is 16.9 Å². The fourth-order valence-corrected chi connectivity index (χ4v) is 1.52. The molecule has 0 saturated carbocycles. The molecule has 0 atom stereocenters. The van der Waals surface area contributed by atoms with Crippen molar-refractivity contribution in [3.63, 3.8) is 0 Å². The van der Waals surface area contributed by atoms with E-state index in [-0.39, 0.29) is 12.5 Å². The molecule has 0 aliphatic carbocycles. The summed E-state index contributed by atoms with van der Waals surface area (Å²) in [4.78, 5) is 11.2. The van der Waals surface area contributed by atoms with E-state index in [1.807, 2.05) is 30.3 Å². The smallest absolute Gasteiger partial charge is 0.239 e. The summed E-state index contributed by atoms with van der Waals surface area (Å²) in [5, 5.41) is 6.86. The first-order valence-corrected chi connectivity index (χ1v) is 5.35. The molecule has 5 heteroatoms. The molecular formula is C12H14N4O. The number of amides is 1. The average Bonchev–Trinajstić information content (AvgIpc) is 2.78. The van der Waals surface area contributed by atoms with Crippen LogP contribution in [-0.4, -0.2) is 22.2 Å². The van der Waals surface area contributed by atoms with E-state index >= 15 is 0 Å². The number of hydrogen-bond acceptors (Lipinski definition) is 3. The summed E-state index contributed by atoms with van der Waals surface area (Å²) < 4.78 is 1.73. The Morgan fingerprint density at radius 3 is 2.76 bits per heavy atom. The number of nitrogens with one attached hydrogen (secondary N) is 1. The molecule has 0 spiro atoms. The van der Waals surface area contributed by atoms with Crippen LogP contribution in [0.2, 0.25) is 0 Å². The first-order chi connectivity index (χ1) is 8.29. The van der Waals surface area contributed by atoms with Crippen molar-refractivity contribution in [1.29, 1.82) is 0 Å². The van der Waals surface area contributed by atoms with Crippen LogP contribution < -0.4 is 11.1 Å². The SMILES string of the molecule is NCC(=O)Nc1ccnn1Cc1ccccc1. The van der Waals surface area contributed by atoms with Gasteiger partial charge >= 0.3 is 0 Å². The van der Waals surface area contributed by atoms with E-state index in [4.69, 9.17) is 5.73 Å². The molecule has 1 amide bonds. The highest BCUT2D eigenvalue weighted by atomic mass is 16.1. The van der Waals surface area contributed by atoms with Crippen LogP contribution in [0.25, 0.3) is 0 Å². The lowest BCUT2D eigenvalue weighted by Crippen LogP contribution is -2.23. The first-order valence-electron chi connectivity index (χ1n) is 5.35. The van der Waals surface area contributed by atoms with Gasteiger partial charge in [0.25, 0.3) is 0 Å². The molecule has 1 heterocycles. The number of aromatic nitrogens is 2. The van der Waals surface area contributed by atoms with E-state index < -0.39 is 0 Å². The summed E-state index contributed by atoms with van der Waals surface area (Å²) in [5.41, 5.74) is 6.37. The maximum Gasteiger partial charge on any atom is 0.239 e. The summed E-state index contributed by atoms with van der Waals surface area (Å²) in [5.74, 6) is 0.434. The van der Waals surface area contributed by atoms with Gasteiger partial charge in [0.05, 0.1) is 19.3 Å². The number of rotatable bonds is 4. The minimum atomic E-state index is -0.222. The van der Waals surface area contributed by atoms with Gasteiger partial charge in [-0.1, -0.05) is 30.3 Å². The normalized spacial score (nSPS) is 10.2. The number of nitrogens with zero attached hydrogens (tertiary/aromatic N) is 2. The van der Waals surface area contributed by atoms with E-state index in [2.05, 4.69) is 10.4 Å². The Balaban J connectivity index is 2.12. The van der Waals surface area contributed by atoms with Crippen LogP contribution >= 0.6 is 0 Å². The monoisotopic (exact) mass is 230 g/mol. The van der Waals surface area contributed by atoms with E-state index in [1.165, 1.54) is 0 Å². The van der Waals surface area contributed by atoms with Gasteiger partial charge in [-0.05, 0) is 5.56 Å². The largest absolute Gasteiger partial charge is 0.322 e. The molecule has 17 heavy (non-hydrogen) atoms. The van der Waals surface area contributed by atoms with Gasteiger partial charge < -0.3 is 11.1 Å². The molecule has 3 N–H and O–H groups in total. The average molecular weight is 230 g/mol. The molecule has 0 aliphatic rings.